The maximum atomic E-state index is 12.0. The molecule has 3 nitrogen and oxygen atoms in total. The Hall–Kier alpha value is -1.46. The second-order valence-electron chi connectivity index (χ2n) is 3.66. The summed E-state index contributed by atoms with van der Waals surface area (Å²) >= 11 is 6.70. The molecule has 2 rings (SSSR count). The van der Waals surface area contributed by atoms with Crippen molar-refractivity contribution in [2.24, 2.45) is 0 Å². The molecule has 0 saturated carbocycles. The van der Waals surface area contributed by atoms with Gasteiger partial charge in [-0.05, 0) is 42.2 Å². The van der Waals surface area contributed by atoms with Gasteiger partial charge in [-0.3, -0.25) is 9.69 Å². The maximum absolute atomic E-state index is 12.0. The van der Waals surface area contributed by atoms with Crippen LogP contribution in [0.25, 0.3) is 6.08 Å². The zero-order valence-electron chi connectivity index (χ0n) is 9.40. The van der Waals surface area contributed by atoms with E-state index in [9.17, 15) is 4.79 Å². The van der Waals surface area contributed by atoms with Gasteiger partial charge in [-0.1, -0.05) is 6.08 Å². The molecule has 0 spiro atoms. The molecule has 0 bridgehead atoms. The van der Waals surface area contributed by atoms with Crippen molar-refractivity contribution in [2.45, 2.75) is 6.92 Å². The Morgan fingerprint density at radius 1 is 1.65 bits per heavy atom. The standard InChI is InChI=1S/C12H12N2OS2/c1-3-5-14-11(15)9(13-12(14)16)7-10-8(2)4-6-17-10/h3-4,6-7H,1,5H2,2H3,(H,13,16)/b9-7+. The highest BCUT2D eigenvalue weighted by Crippen LogP contribution is 2.21. The summed E-state index contributed by atoms with van der Waals surface area (Å²) in [6.07, 6.45) is 3.50. The number of hydrogen-bond acceptors (Lipinski definition) is 3. The van der Waals surface area contributed by atoms with Gasteiger partial charge in [0, 0.05) is 11.4 Å². The number of thiophene rings is 1. The quantitative estimate of drug-likeness (QED) is 0.516. The van der Waals surface area contributed by atoms with Crippen LogP contribution in [0.2, 0.25) is 0 Å². The molecular formula is C12H12N2OS2. The number of aryl methyl sites for hydroxylation is 1. The first kappa shape index (κ1) is 12.0. The van der Waals surface area contributed by atoms with Crippen LogP contribution in [0.4, 0.5) is 0 Å². The van der Waals surface area contributed by atoms with Crippen LogP contribution >= 0.6 is 23.6 Å². The number of nitrogens with one attached hydrogen (secondary N) is 1. The maximum Gasteiger partial charge on any atom is 0.276 e. The van der Waals surface area contributed by atoms with E-state index >= 15 is 0 Å². The van der Waals surface area contributed by atoms with Crippen molar-refractivity contribution in [1.29, 1.82) is 0 Å². The summed E-state index contributed by atoms with van der Waals surface area (Å²) in [4.78, 5) is 14.6. The van der Waals surface area contributed by atoms with Crippen molar-refractivity contribution >= 4 is 40.7 Å². The topological polar surface area (TPSA) is 32.3 Å². The van der Waals surface area contributed by atoms with Gasteiger partial charge in [0.2, 0.25) is 0 Å². The Morgan fingerprint density at radius 2 is 2.41 bits per heavy atom. The lowest BCUT2D eigenvalue weighted by atomic mass is 10.2. The van der Waals surface area contributed by atoms with E-state index in [4.69, 9.17) is 12.2 Å². The van der Waals surface area contributed by atoms with E-state index in [2.05, 4.69) is 11.9 Å². The molecule has 0 atom stereocenters. The van der Waals surface area contributed by atoms with E-state index < -0.39 is 0 Å². The van der Waals surface area contributed by atoms with Crippen LogP contribution in [-0.4, -0.2) is 22.5 Å². The number of rotatable bonds is 3. The minimum Gasteiger partial charge on any atom is -0.328 e. The van der Waals surface area contributed by atoms with Gasteiger partial charge in [0.25, 0.3) is 5.91 Å². The minimum atomic E-state index is -0.0947. The summed E-state index contributed by atoms with van der Waals surface area (Å²) in [7, 11) is 0. The number of nitrogens with zero attached hydrogens (tertiary/aromatic N) is 1. The first-order valence-electron chi connectivity index (χ1n) is 5.13. The average Bonchev–Trinajstić information content (AvgIpc) is 2.79. The van der Waals surface area contributed by atoms with E-state index in [0.29, 0.717) is 17.4 Å². The molecule has 1 saturated heterocycles. The van der Waals surface area contributed by atoms with Crippen molar-refractivity contribution in [3.63, 3.8) is 0 Å². The Morgan fingerprint density at radius 3 is 3.00 bits per heavy atom. The zero-order chi connectivity index (χ0) is 12.4. The molecule has 1 fully saturated rings. The van der Waals surface area contributed by atoms with Crippen LogP contribution in [0.1, 0.15) is 10.4 Å². The Labute approximate surface area is 109 Å². The molecule has 17 heavy (non-hydrogen) atoms. The number of carbonyl (C=O) groups excluding carboxylic acids is 1. The monoisotopic (exact) mass is 264 g/mol. The van der Waals surface area contributed by atoms with Crippen LogP contribution < -0.4 is 5.32 Å². The fourth-order valence-electron chi connectivity index (χ4n) is 1.53. The summed E-state index contributed by atoms with van der Waals surface area (Å²) in [5, 5.41) is 5.37. The molecule has 88 valence electrons. The SMILES string of the molecule is C=CCN1C(=O)/C(=C\c2sccc2C)NC1=S. The summed E-state index contributed by atoms with van der Waals surface area (Å²) in [6.45, 7) is 6.06. The first-order valence-corrected chi connectivity index (χ1v) is 6.42. The highest BCUT2D eigenvalue weighted by atomic mass is 32.1. The summed E-state index contributed by atoms with van der Waals surface area (Å²) < 4.78 is 0. The number of amides is 1. The smallest absolute Gasteiger partial charge is 0.276 e. The molecule has 5 heteroatoms. The number of hydrogen-bond donors (Lipinski definition) is 1. The van der Waals surface area contributed by atoms with E-state index in [1.807, 2.05) is 24.4 Å². The van der Waals surface area contributed by atoms with E-state index in [1.54, 1.807) is 17.4 Å². The molecule has 0 unspecified atom stereocenters. The van der Waals surface area contributed by atoms with E-state index in [0.717, 1.165) is 10.4 Å². The summed E-state index contributed by atoms with van der Waals surface area (Å²) in [5.74, 6) is -0.0947. The van der Waals surface area contributed by atoms with Crippen molar-refractivity contribution in [3.05, 3.63) is 40.2 Å². The predicted molar refractivity (Wildman–Crippen MR) is 74.7 cm³/mol. The van der Waals surface area contributed by atoms with Gasteiger partial charge in [0.05, 0.1) is 0 Å². The molecule has 1 aromatic rings. The second kappa shape index (κ2) is 4.81. The van der Waals surface area contributed by atoms with Gasteiger partial charge in [0.15, 0.2) is 5.11 Å². The van der Waals surface area contributed by atoms with Crippen LogP contribution in [0.3, 0.4) is 0 Å². The molecule has 0 aromatic carbocycles. The van der Waals surface area contributed by atoms with Crippen molar-refractivity contribution in [1.82, 2.24) is 10.2 Å². The highest BCUT2D eigenvalue weighted by Gasteiger charge is 2.29. The van der Waals surface area contributed by atoms with Crippen LogP contribution in [0, 0.1) is 6.92 Å². The molecule has 1 aliphatic heterocycles. The van der Waals surface area contributed by atoms with Gasteiger partial charge < -0.3 is 5.32 Å². The molecule has 1 aliphatic rings. The molecule has 1 N–H and O–H groups in total. The van der Waals surface area contributed by atoms with Gasteiger partial charge in [-0.15, -0.1) is 17.9 Å². The Bertz CT molecular complexity index is 516. The van der Waals surface area contributed by atoms with Crippen molar-refractivity contribution in [3.8, 4) is 0 Å². The molecule has 1 aromatic heterocycles. The van der Waals surface area contributed by atoms with Crippen LogP contribution in [-0.2, 0) is 4.79 Å². The van der Waals surface area contributed by atoms with Crippen molar-refractivity contribution in [2.75, 3.05) is 6.54 Å². The summed E-state index contributed by atoms with van der Waals surface area (Å²) in [5.41, 5.74) is 1.69. The molecule has 1 amide bonds. The largest absolute Gasteiger partial charge is 0.328 e. The summed E-state index contributed by atoms with van der Waals surface area (Å²) in [6, 6.07) is 2.02. The van der Waals surface area contributed by atoms with Crippen LogP contribution in [0.5, 0.6) is 0 Å². The van der Waals surface area contributed by atoms with Gasteiger partial charge in [0.1, 0.15) is 5.70 Å². The highest BCUT2D eigenvalue weighted by molar-refractivity contribution is 7.80. The average molecular weight is 264 g/mol. The fourth-order valence-corrected chi connectivity index (χ4v) is 2.66. The lowest BCUT2D eigenvalue weighted by Gasteiger charge is -2.09. The second-order valence-corrected chi connectivity index (χ2v) is 4.99. The molecular weight excluding hydrogens is 252 g/mol. The zero-order valence-corrected chi connectivity index (χ0v) is 11.0. The molecule has 0 radical (unpaired) electrons. The molecule has 2 heterocycles. The Balaban J connectivity index is 2.28. The third-order valence-electron chi connectivity index (χ3n) is 2.45. The first-order chi connectivity index (χ1) is 8.13. The van der Waals surface area contributed by atoms with Crippen molar-refractivity contribution < 1.29 is 4.79 Å². The molecule has 0 aliphatic carbocycles. The van der Waals surface area contributed by atoms with Gasteiger partial charge in [-0.2, -0.15) is 0 Å². The predicted octanol–water partition coefficient (Wildman–Crippen LogP) is 2.30. The third kappa shape index (κ3) is 2.30. The minimum absolute atomic E-state index is 0.0947. The third-order valence-corrected chi connectivity index (χ3v) is 3.74. The van der Waals surface area contributed by atoms with Crippen LogP contribution in [0.15, 0.2) is 29.8 Å². The fraction of sp³-hybridized carbons (Fsp3) is 0.167. The lowest BCUT2D eigenvalue weighted by molar-refractivity contribution is -0.122. The van der Waals surface area contributed by atoms with Gasteiger partial charge in [-0.25, -0.2) is 0 Å². The Kier molecular flexibility index (Phi) is 3.40. The number of carbonyl (C=O) groups is 1. The van der Waals surface area contributed by atoms with Gasteiger partial charge >= 0.3 is 0 Å². The lowest BCUT2D eigenvalue weighted by Crippen LogP contribution is -2.30. The number of thiocarbonyl (C=S) groups is 1. The van der Waals surface area contributed by atoms with E-state index in [-0.39, 0.29) is 5.91 Å². The normalized spacial score (nSPS) is 17.7. The van der Waals surface area contributed by atoms with E-state index in [1.165, 1.54) is 4.90 Å².